The number of hydrogen-bond acceptors (Lipinski definition) is 4. The summed E-state index contributed by atoms with van der Waals surface area (Å²) in [7, 11) is 1.67. The van der Waals surface area contributed by atoms with Crippen LogP contribution in [0.3, 0.4) is 0 Å². The van der Waals surface area contributed by atoms with Crippen molar-refractivity contribution in [2.75, 3.05) is 20.2 Å². The summed E-state index contributed by atoms with van der Waals surface area (Å²) in [6.45, 7) is 3.61. The lowest BCUT2D eigenvalue weighted by Crippen LogP contribution is -2.49. The molecular formula is C19H26N4O. The Morgan fingerprint density at radius 1 is 1.12 bits per heavy atom. The minimum atomic E-state index is 0.646. The largest absolute Gasteiger partial charge is 0.480 e. The molecule has 0 spiro atoms. The van der Waals surface area contributed by atoms with E-state index in [1.165, 1.54) is 45.2 Å². The smallest absolute Gasteiger partial charge is 0.224 e. The molecule has 0 saturated carbocycles. The molecule has 2 aliphatic rings. The Morgan fingerprint density at radius 2 is 2.04 bits per heavy atom. The fourth-order valence-electron chi connectivity index (χ4n) is 4.47. The average molecular weight is 326 g/mol. The number of nitrogens with zero attached hydrogens (tertiary/aromatic N) is 4. The third-order valence-corrected chi connectivity index (χ3v) is 5.58. The van der Waals surface area contributed by atoms with Crippen LogP contribution in [-0.2, 0) is 6.54 Å². The zero-order valence-electron chi connectivity index (χ0n) is 14.4. The van der Waals surface area contributed by atoms with Gasteiger partial charge in [-0.15, -0.1) is 0 Å². The fourth-order valence-corrected chi connectivity index (χ4v) is 4.47. The molecule has 0 N–H and O–H groups in total. The van der Waals surface area contributed by atoms with Gasteiger partial charge in [-0.1, -0.05) is 6.42 Å². The number of hydrogen-bond donors (Lipinski definition) is 0. The SMILES string of the molecule is COc1ncccc1-c1nccn1C[C@@H]1CCCN2CCCC[C@H]12. The number of aromatic nitrogens is 3. The number of piperidine rings is 2. The van der Waals surface area contributed by atoms with Crippen molar-refractivity contribution in [2.45, 2.75) is 44.7 Å². The molecule has 0 amide bonds. The molecule has 0 unspecified atom stereocenters. The second kappa shape index (κ2) is 6.93. The summed E-state index contributed by atoms with van der Waals surface area (Å²) in [5, 5.41) is 0. The third kappa shape index (κ3) is 2.93. The lowest BCUT2D eigenvalue weighted by atomic mass is 9.83. The van der Waals surface area contributed by atoms with Crippen LogP contribution in [0.2, 0.25) is 0 Å². The summed E-state index contributed by atoms with van der Waals surface area (Å²) in [5.74, 6) is 2.33. The van der Waals surface area contributed by atoms with Gasteiger partial charge in [0.1, 0.15) is 5.82 Å². The molecule has 4 heterocycles. The van der Waals surface area contributed by atoms with Gasteiger partial charge in [0.05, 0.1) is 12.7 Å². The molecule has 2 fully saturated rings. The normalized spacial score (nSPS) is 24.5. The van der Waals surface area contributed by atoms with Crippen LogP contribution in [0.5, 0.6) is 5.88 Å². The number of rotatable bonds is 4. The summed E-state index contributed by atoms with van der Waals surface area (Å²) in [6, 6.07) is 4.73. The number of fused-ring (bicyclic) bond motifs is 1. The van der Waals surface area contributed by atoms with Crippen molar-refractivity contribution in [1.82, 2.24) is 19.4 Å². The zero-order valence-corrected chi connectivity index (χ0v) is 14.4. The lowest BCUT2D eigenvalue weighted by molar-refractivity contribution is 0.0521. The first-order valence-electron chi connectivity index (χ1n) is 9.11. The van der Waals surface area contributed by atoms with Gasteiger partial charge in [-0.25, -0.2) is 9.97 Å². The van der Waals surface area contributed by atoms with E-state index >= 15 is 0 Å². The molecule has 4 rings (SSSR count). The Kier molecular flexibility index (Phi) is 4.52. The highest BCUT2D eigenvalue weighted by Crippen LogP contribution is 2.33. The second-order valence-electron chi connectivity index (χ2n) is 6.96. The minimum absolute atomic E-state index is 0.646. The molecule has 2 saturated heterocycles. The van der Waals surface area contributed by atoms with E-state index in [-0.39, 0.29) is 0 Å². The van der Waals surface area contributed by atoms with Gasteiger partial charge in [0, 0.05) is 31.2 Å². The van der Waals surface area contributed by atoms with E-state index in [1.54, 1.807) is 13.3 Å². The maximum atomic E-state index is 5.43. The molecular weight excluding hydrogens is 300 g/mol. The van der Waals surface area contributed by atoms with Crippen LogP contribution in [0.4, 0.5) is 0 Å². The van der Waals surface area contributed by atoms with E-state index in [1.807, 2.05) is 18.3 Å². The van der Waals surface area contributed by atoms with Gasteiger partial charge in [-0.3, -0.25) is 0 Å². The van der Waals surface area contributed by atoms with Gasteiger partial charge >= 0.3 is 0 Å². The van der Waals surface area contributed by atoms with Gasteiger partial charge in [0.25, 0.3) is 0 Å². The molecule has 0 aromatic carbocycles. The molecule has 0 bridgehead atoms. The van der Waals surface area contributed by atoms with Crippen molar-refractivity contribution in [2.24, 2.45) is 5.92 Å². The molecule has 24 heavy (non-hydrogen) atoms. The van der Waals surface area contributed by atoms with Gasteiger partial charge in [-0.05, 0) is 56.8 Å². The second-order valence-corrected chi connectivity index (χ2v) is 6.96. The highest BCUT2D eigenvalue weighted by molar-refractivity contribution is 5.61. The summed E-state index contributed by atoms with van der Waals surface area (Å²) < 4.78 is 7.72. The Hall–Kier alpha value is -1.88. The lowest BCUT2D eigenvalue weighted by Gasteiger charge is -2.44. The quantitative estimate of drug-likeness (QED) is 0.865. The molecule has 2 aromatic rings. The van der Waals surface area contributed by atoms with Crippen LogP contribution in [0, 0.1) is 5.92 Å². The summed E-state index contributed by atoms with van der Waals surface area (Å²) in [6.07, 6.45) is 12.5. The first kappa shape index (κ1) is 15.6. The first-order chi connectivity index (χ1) is 11.9. The van der Waals surface area contributed by atoms with Gasteiger partial charge in [0.15, 0.2) is 0 Å². The van der Waals surface area contributed by atoms with Crippen molar-refractivity contribution in [3.05, 3.63) is 30.7 Å². The van der Waals surface area contributed by atoms with Gasteiger partial charge < -0.3 is 14.2 Å². The van der Waals surface area contributed by atoms with E-state index in [4.69, 9.17) is 4.74 Å². The third-order valence-electron chi connectivity index (χ3n) is 5.58. The highest BCUT2D eigenvalue weighted by atomic mass is 16.5. The van der Waals surface area contributed by atoms with Crippen LogP contribution >= 0.6 is 0 Å². The number of pyridine rings is 1. The van der Waals surface area contributed by atoms with E-state index in [0.717, 1.165) is 29.9 Å². The molecule has 2 aromatic heterocycles. The Bertz CT molecular complexity index is 682. The number of imidazole rings is 1. The molecule has 2 aliphatic heterocycles. The summed E-state index contributed by atoms with van der Waals surface area (Å²) in [4.78, 5) is 11.6. The highest BCUT2D eigenvalue weighted by Gasteiger charge is 2.33. The van der Waals surface area contributed by atoms with Crippen molar-refractivity contribution in [3.63, 3.8) is 0 Å². The van der Waals surface area contributed by atoms with Gasteiger partial charge in [-0.2, -0.15) is 0 Å². The predicted octanol–water partition coefficient (Wildman–Crippen LogP) is 3.22. The summed E-state index contributed by atoms with van der Waals surface area (Å²) in [5.41, 5.74) is 0.973. The van der Waals surface area contributed by atoms with E-state index in [0.29, 0.717) is 5.88 Å². The molecule has 2 atom stereocenters. The Balaban J connectivity index is 1.58. The van der Waals surface area contributed by atoms with Gasteiger partial charge in [0.2, 0.25) is 5.88 Å². The van der Waals surface area contributed by atoms with Crippen molar-refractivity contribution < 1.29 is 4.74 Å². The van der Waals surface area contributed by atoms with Crippen LogP contribution in [0.25, 0.3) is 11.4 Å². The molecule has 128 valence electrons. The Morgan fingerprint density at radius 3 is 2.96 bits per heavy atom. The van der Waals surface area contributed by atoms with Crippen LogP contribution in [0.15, 0.2) is 30.7 Å². The predicted molar refractivity (Wildman–Crippen MR) is 93.9 cm³/mol. The molecule has 5 nitrogen and oxygen atoms in total. The minimum Gasteiger partial charge on any atom is -0.480 e. The number of methoxy groups -OCH3 is 1. The van der Waals surface area contributed by atoms with E-state index in [9.17, 15) is 0 Å². The van der Waals surface area contributed by atoms with Crippen LogP contribution < -0.4 is 4.74 Å². The Labute approximate surface area is 143 Å². The maximum absolute atomic E-state index is 5.43. The van der Waals surface area contributed by atoms with E-state index in [2.05, 4.69) is 25.6 Å². The molecule has 0 radical (unpaired) electrons. The van der Waals surface area contributed by atoms with Crippen molar-refractivity contribution in [3.8, 4) is 17.3 Å². The zero-order chi connectivity index (χ0) is 16.4. The number of ether oxygens (including phenoxy) is 1. The first-order valence-corrected chi connectivity index (χ1v) is 9.11. The standard InChI is InChI=1S/C19H26N4O/c1-24-19-16(7-4-9-21-19)18-20-10-13-23(18)14-15-6-5-12-22-11-3-2-8-17(15)22/h4,7,9-10,13,15,17H,2-3,5-6,8,11-12,14H2,1H3/t15-,17+/m0/s1. The van der Waals surface area contributed by atoms with E-state index < -0.39 is 0 Å². The molecule has 0 aliphatic carbocycles. The van der Waals surface area contributed by atoms with Crippen molar-refractivity contribution >= 4 is 0 Å². The molecule has 5 heteroatoms. The fraction of sp³-hybridized carbons (Fsp3) is 0.579. The summed E-state index contributed by atoms with van der Waals surface area (Å²) >= 11 is 0. The monoisotopic (exact) mass is 326 g/mol. The maximum Gasteiger partial charge on any atom is 0.224 e. The topological polar surface area (TPSA) is 43.2 Å². The average Bonchev–Trinajstić information content (AvgIpc) is 3.10. The van der Waals surface area contributed by atoms with Crippen LogP contribution in [-0.4, -0.2) is 45.7 Å². The van der Waals surface area contributed by atoms with Crippen molar-refractivity contribution in [1.29, 1.82) is 0 Å². The van der Waals surface area contributed by atoms with Crippen LogP contribution in [0.1, 0.15) is 32.1 Å².